The Labute approximate surface area is 110 Å². The monoisotopic (exact) mass is 248 g/mol. The summed E-state index contributed by atoms with van der Waals surface area (Å²) in [6.07, 6.45) is 11.6. The van der Waals surface area contributed by atoms with Crippen LogP contribution < -0.4 is 10.2 Å². The first-order valence-electron chi connectivity index (χ1n) is 7.03. The predicted octanol–water partition coefficient (Wildman–Crippen LogP) is 2.22. The van der Waals surface area contributed by atoms with Crippen molar-refractivity contribution in [3.05, 3.63) is 18.6 Å². The molecule has 18 heavy (non-hydrogen) atoms. The van der Waals surface area contributed by atoms with Gasteiger partial charge in [-0.05, 0) is 38.6 Å². The van der Waals surface area contributed by atoms with Crippen molar-refractivity contribution in [3.8, 4) is 0 Å². The van der Waals surface area contributed by atoms with Crippen LogP contribution in [0.2, 0.25) is 0 Å². The topological polar surface area (TPSA) is 41.0 Å². The summed E-state index contributed by atoms with van der Waals surface area (Å²) in [5.74, 6) is 0.988. The Morgan fingerprint density at radius 2 is 2.06 bits per heavy atom. The summed E-state index contributed by atoms with van der Waals surface area (Å²) in [5, 5.41) is 3.62. The van der Waals surface area contributed by atoms with Crippen molar-refractivity contribution in [2.75, 3.05) is 18.5 Å². The average molecular weight is 248 g/mol. The van der Waals surface area contributed by atoms with Gasteiger partial charge in [0.25, 0.3) is 0 Å². The molecule has 1 saturated carbocycles. The van der Waals surface area contributed by atoms with Crippen LogP contribution in [0.25, 0.3) is 0 Å². The van der Waals surface area contributed by atoms with E-state index >= 15 is 0 Å². The highest BCUT2D eigenvalue weighted by molar-refractivity contribution is 5.35. The summed E-state index contributed by atoms with van der Waals surface area (Å²) in [6, 6.07) is 1.33. The van der Waals surface area contributed by atoms with Crippen LogP contribution in [0.4, 0.5) is 5.82 Å². The van der Waals surface area contributed by atoms with Crippen LogP contribution in [0.5, 0.6) is 0 Å². The van der Waals surface area contributed by atoms with E-state index < -0.39 is 0 Å². The number of aromatic nitrogens is 2. The van der Waals surface area contributed by atoms with Gasteiger partial charge in [-0.15, -0.1) is 0 Å². The second-order valence-corrected chi connectivity index (χ2v) is 5.13. The normalized spacial score (nSPS) is 23.9. The van der Waals surface area contributed by atoms with Crippen LogP contribution in [0.3, 0.4) is 0 Å². The van der Waals surface area contributed by atoms with E-state index in [2.05, 4.69) is 34.2 Å². The molecular weight excluding hydrogens is 224 g/mol. The van der Waals surface area contributed by atoms with Crippen LogP contribution in [-0.2, 0) is 0 Å². The van der Waals surface area contributed by atoms with Gasteiger partial charge in [-0.2, -0.15) is 0 Å². The third-order valence-corrected chi connectivity index (χ3v) is 3.84. The van der Waals surface area contributed by atoms with E-state index in [0.717, 1.165) is 18.4 Å². The average Bonchev–Trinajstić information content (AvgIpc) is 2.46. The fourth-order valence-electron chi connectivity index (χ4n) is 2.68. The lowest BCUT2D eigenvalue weighted by Crippen LogP contribution is -2.41. The number of rotatable bonds is 5. The number of hydrogen-bond acceptors (Lipinski definition) is 4. The molecule has 0 aliphatic heterocycles. The quantitative estimate of drug-likeness (QED) is 0.867. The molecule has 1 N–H and O–H groups in total. The second kappa shape index (κ2) is 6.69. The summed E-state index contributed by atoms with van der Waals surface area (Å²) in [6.45, 7) is 3.37. The van der Waals surface area contributed by atoms with E-state index in [9.17, 15) is 0 Å². The van der Waals surface area contributed by atoms with Gasteiger partial charge in [0.1, 0.15) is 5.82 Å². The summed E-state index contributed by atoms with van der Waals surface area (Å²) in [4.78, 5) is 10.8. The molecule has 0 bridgehead atoms. The van der Waals surface area contributed by atoms with Gasteiger partial charge < -0.3 is 10.2 Å². The minimum Gasteiger partial charge on any atom is -0.355 e. The van der Waals surface area contributed by atoms with Gasteiger partial charge in [0, 0.05) is 31.5 Å². The highest BCUT2D eigenvalue weighted by Gasteiger charge is 2.24. The van der Waals surface area contributed by atoms with Crippen molar-refractivity contribution in [3.63, 3.8) is 0 Å². The molecule has 0 amide bonds. The highest BCUT2D eigenvalue weighted by Crippen LogP contribution is 2.24. The Morgan fingerprint density at radius 1 is 1.28 bits per heavy atom. The fourth-order valence-corrected chi connectivity index (χ4v) is 2.68. The first kappa shape index (κ1) is 13.3. The Hall–Kier alpha value is -1.16. The Balaban J connectivity index is 1.82. The third-order valence-electron chi connectivity index (χ3n) is 3.84. The van der Waals surface area contributed by atoms with Crippen LogP contribution in [0.15, 0.2) is 18.6 Å². The van der Waals surface area contributed by atoms with Crippen LogP contribution in [-0.4, -0.2) is 35.6 Å². The van der Waals surface area contributed by atoms with Crippen LogP contribution in [0, 0.1) is 0 Å². The third kappa shape index (κ3) is 3.42. The van der Waals surface area contributed by atoms with E-state index in [1.165, 1.54) is 32.1 Å². The number of hydrogen-bond donors (Lipinski definition) is 1. The van der Waals surface area contributed by atoms with Crippen molar-refractivity contribution in [2.24, 2.45) is 0 Å². The molecule has 0 unspecified atom stereocenters. The maximum Gasteiger partial charge on any atom is 0.147 e. The molecule has 100 valence electrons. The maximum absolute atomic E-state index is 4.37. The smallest absolute Gasteiger partial charge is 0.147 e. The van der Waals surface area contributed by atoms with Gasteiger partial charge in [-0.3, -0.25) is 4.98 Å². The molecule has 1 aromatic rings. The molecule has 0 aromatic carbocycles. The van der Waals surface area contributed by atoms with E-state index in [1.54, 1.807) is 12.4 Å². The molecular formula is C14H24N4. The second-order valence-electron chi connectivity index (χ2n) is 5.13. The molecule has 1 fully saturated rings. The minimum absolute atomic E-state index is 0.612. The molecule has 1 aromatic heterocycles. The van der Waals surface area contributed by atoms with Crippen molar-refractivity contribution < 1.29 is 0 Å². The lowest BCUT2D eigenvalue weighted by molar-refractivity contribution is 0.336. The van der Waals surface area contributed by atoms with Crippen molar-refractivity contribution >= 4 is 5.82 Å². The van der Waals surface area contributed by atoms with Gasteiger partial charge in [0.15, 0.2) is 0 Å². The van der Waals surface area contributed by atoms with Crippen LogP contribution in [0.1, 0.15) is 39.0 Å². The van der Waals surface area contributed by atoms with Gasteiger partial charge in [-0.1, -0.05) is 6.92 Å². The fraction of sp³-hybridized carbons (Fsp3) is 0.714. The minimum atomic E-state index is 0.612. The van der Waals surface area contributed by atoms with Crippen molar-refractivity contribution in [1.82, 2.24) is 15.3 Å². The van der Waals surface area contributed by atoms with E-state index in [-0.39, 0.29) is 0 Å². The van der Waals surface area contributed by atoms with Gasteiger partial charge in [-0.25, -0.2) is 4.98 Å². The standard InChI is InChI=1S/C14H24N4/c1-3-8-16-12-4-6-13(7-5-12)18(2)14-11-15-9-10-17-14/h9-13,16H,3-8H2,1-2H3. The maximum atomic E-state index is 4.37. The zero-order valence-electron chi connectivity index (χ0n) is 11.5. The largest absolute Gasteiger partial charge is 0.355 e. The molecule has 0 saturated heterocycles. The van der Waals surface area contributed by atoms with Gasteiger partial charge in [0.05, 0.1) is 6.20 Å². The number of anilines is 1. The van der Waals surface area contributed by atoms with E-state index in [1.807, 2.05) is 6.20 Å². The predicted molar refractivity (Wildman–Crippen MR) is 74.8 cm³/mol. The lowest BCUT2D eigenvalue weighted by atomic mass is 9.90. The van der Waals surface area contributed by atoms with Gasteiger partial charge in [0.2, 0.25) is 0 Å². The molecule has 1 heterocycles. The SMILES string of the molecule is CCCNC1CCC(N(C)c2cnccn2)CC1. The highest BCUT2D eigenvalue weighted by atomic mass is 15.2. The molecule has 0 spiro atoms. The summed E-state index contributed by atoms with van der Waals surface area (Å²) in [5.41, 5.74) is 0. The van der Waals surface area contributed by atoms with Gasteiger partial charge >= 0.3 is 0 Å². The molecule has 1 aliphatic rings. The first-order valence-corrected chi connectivity index (χ1v) is 7.03. The molecule has 1 aliphatic carbocycles. The lowest BCUT2D eigenvalue weighted by Gasteiger charge is -2.35. The number of nitrogens with one attached hydrogen (secondary N) is 1. The van der Waals surface area contributed by atoms with Crippen LogP contribution >= 0.6 is 0 Å². The molecule has 2 rings (SSSR count). The Morgan fingerprint density at radius 3 is 2.67 bits per heavy atom. The summed E-state index contributed by atoms with van der Waals surface area (Å²) < 4.78 is 0. The van der Waals surface area contributed by atoms with E-state index in [0.29, 0.717) is 6.04 Å². The Bertz CT molecular complexity index is 333. The van der Waals surface area contributed by atoms with Crippen molar-refractivity contribution in [1.29, 1.82) is 0 Å². The summed E-state index contributed by atoms with van der Waals surface area (Å²) >= 11 is 0. The first-order chi connectivity index (χ1) is 8.81. The molecule has 4 nitrogen and oxygen atoms in total. The Kier molecular flexibility index (Phi) is 4.93. The zero-order valence-corrected chi connectivity index (χ0v) is 11.5. The number of nitrogens with zero attached hydrogens (tertiary/aromatic N) is 3. The molecule has 0 atom stereocenters. The van der Waals surface area contributed by atoms with Crippen molar-refractivity contribution in [2.45, 2.75) is 51.1 Å². The molecule has 4 heteroatoms. The summed E-state index contributed by atoms with van der Waals surface area (Å²) in [7, 11) is 2.13. The zero-order chi connectivity index (χ0) is 12.8. The van der Waals surface area contributed by atoms with E-state index in [4.69, 9.17) is 0 Å². The molecule has 0 radical (unpaired) electrons.